The minimum atomic E-state index is 0.0920. The Hall–Kier alpha value is -1.77. The molecular formula is C16H22N2O. The lowest BCUT2D eigenvalue weighted by Crippen LogP contribution is -2.18. The third-order valence-corrected chi connectivity index (χ3v) is 3.33. The van der Waals surface area contributed by atoms with Crippen LogP contribution in [0.4, 0.5) is 0 Å². The predicted octanol–water partition coefficient (Wildman–Crippen LogP) is 3.23. The largest absolute Gasteiger partial charge is 0.295 e. The predicted molar refractivity (Wildman–Crippen MR) is 79.0 cm³/mol. The molecule has 0 saturated heterocycles. The van der Waals surface area contributed by atoms with Crippen molar-refractivity contribution in [2.75, 3.05) is 0 Å². The first-order chi connectivity index (χ1) is 9.02. The first kappa shape index (κ1) is 13.7. The van der Waals surface area contributed by atoms with Gasteiger partial charge in [-0.1, -0.05) is 38.5 Å². The van der Waals surface area contributed by atoms with E-state index < -0.39 is 0 Å². The minimum Gasteiger partial charge on any atom is -0.295 e. The summed E-state index contributed by atoms with van der Waals surface area (Å²) in [5, 5.41) is 3.25. The molecule has 1 aromatic carbocycles. The van der Waals surface area contributed by atoms with Gasteiger partial charge < -0.3 is 0 Å². The molecule has 0 aliphatic carbocycles. The van der Waals surface area contributed by atoms with Crippen LogP contribution in [0.15, 0.2) is 29.1 Å². The van der Waals surface area contributed by atoms with Crippen LogP contribution in [0, 0.1) is 12.8 Å². The molecule has 0 atom stereocenters. The Labute approximate surface area is 114 Å². The Balaban J connectivity index is 2.50. The van der Waals surface area contributed by atoms with Crippen molar-refractivity contribution >= 4 is 0 Å². The third kappa shape index (κ3) is 2.80. The number of nitrogens with one attached hydrogen (secondary N) is 1. The molecule has 3 nitrogen and oxygen atoms in total. The summed E-state index contributed by atoms with van der Waals surface area (Å²) in [5.74, 6) is 0.486. The van der Waals surface area contributed by atoms with E-state index in [1.54, 1.807) is 4.68 Å². The molecule has 3 heteroatoms. The topological polar surface area (TPSA) is 37.8 Å². The van der Waals surface area contributed by atoms with Crippen LogP contribution in [0.2, 0.25) is 0 Å². The van der Waals surface area contributed by atoms with Gasteiger partial charge in [0.05, 0.1) is 5.69 Å². The van der Waals surface area contributed by atoms with Gasteiger partial charge in [-0.3, -0.25) is 9.89 Å². The van der Waals surface area contributed by atoms with Crippen LogP contribution in [0.5, 0.6) is 0 Å². The Morgan fingerprint density at radius 3 is 2.37 bits per heavy atom. The van der Waals surface area contributed by atoms with Gasteiger partial charge in [-0.25, -0.2) is 4.68 Å². The zero-order valence-corrected chi connectivity index (χ0v) is 12.2. The fourth-order valence-electron chi connectivity index (χ4n) is 2.30. The van der Waals surface area contributed by atoms with E-state index in [2.05, 4.69) is 25.9 Å². The molecule has 0 fully saturated rings. The lowest BCUT2D eigenvalue weighted by atomic mass is 10.0. The number of H-pyrrole nitrogens is 1. The summed E-state index contributed by atoms with van der Waals surface area (Å²) in [5.41, 5.74) is 4.17. The van der Waals surface area contributed by atoms with E-state index in [4.69, 9.17) is 0 Å². The van der Waals surface area contributed by atoms with E-state index in [9.17, 15) is 4.79 Å². The van der Waals surface area contributed by atoms with Crippen molar-refractivity contribution < 1.29 is 0 Å². The summed E-state index contributed by atoms with van der Waals surface area (Å²) >= 11 is 0. The zero-order valence-electron chi connectivity index (χ0n) is 12.2. The fourth-order valence-corrected chi connectivity index (χ4v) is 2.30. The highest BCUT2D eigenvalue weighted by Gasteiger charge is 2.14. The van der Waals surface area contributed by atoms with Crippen LogP contribution >= 0.6 is 0 Å². The fraction of sp³-hybridized carbons (Fsp3) is 0.438. The molecule has 0 aliphatic heterocycles. The van der Waals surface area contributed by atoms with Crippen molar-refractivity contribution in [3.05, 3.63) is 51.4 Å². The van der Waals surface area contributed by atoms with Gasteiger partial charge in [0.15, 0.2) is 0 Å². The van der Waals surface area contributed by atoms with Crippen molar-refractivity contribution in [2.24, 2.45) is 5.92 Å². The van der Waals surface area contributed by atoms with E-state index >= 15 is 0 Å². The molecule has 2 aromatic rings. The molecule has 2 rings (SSSR count). The van der Waals surface area contributed by atoms with E-state index in [-0.39, 0.29) is 5.56 Å². The van der Waals surface area contributed by atoms with Crippen molar-refractivity contribution in [3.8, 4) is 5.69 Å². The SMILES string of the molecule is CCc1[nH]n(-c2ccc(C)cc2)c(=O)c1CC(C)C. The minimum absolute atomic E-state index is 0.0920. The van der Waals surface area contributed by atoms with Gasteiger partial charge in [0, 0.05) is 11.3 Å². The molecule has 0 bridgehead atoms. The number of hydrogen-bond donors (Lipinski definition) is 1. The first-order valence-electron chi connectivity index (χ1n) is 6.92. The van der Waals surface area contributed by atoms with Crippen molar-refractivity contribution in [1.29, 1.82) is 0 Å². The molecule has 19 heavy (non-hydrogen) atoms. The lowest BCUT2D eigenvalue weighted by Gasteiger charge is -2.02. The average molecular weight is 258 g/mol. The molecule has 0 saturated carbocycles. The molecule has 1 heterocycles. The molecule has 102 valence electrons. The number of nitrogens with zero attached hydrogens (tertiary/aromatic N) is 1. The second-order valence-electron chi connectivity index (χ2n) is 5.50. The second kappa shape index (κ2) is 5.47. The summed E-state index contributed by atoms with van der Waals surface area (Å²) in [4.78, 5) is 12.5. The quantitative estimate of drug-likeness (QED) is 0.898. The average Bonchev–Trinajstić information content (AvgIpc) is 2.67. The number of rotatable bonds is 4. The Bertz CT molecular complexity index is 603. The summed E-state index contributed by atoms with van der Waals surface area (Å²) in [7, 11) is 0. The van der Waals surface area contributed by atoms with E-state index in [1.807, 2.05) is 31.2 Å². The Kier molecular flexibility index (Phi) is 3.93. The smallest absolute Gasteiger partial charge is 0.274 e. The molecule has 0 unspecified atom stereocenters. The number of benzene rings is 1. The lowest BCUT2D eigenvalue weighted by molar-refractivity contribution is 0.640. The highest BCUT2D eigenvalue weighted by Crippen LogP contribution is 2.12. The number of aromatic amines is 1. The summed E-state index contributed by atoms with van der Waals surface area (Å²) in [6.07, 6.45) is 1.69. The highest BCUT2D eigenvalue weighted by molar-refractivity contribution is 5.35. The van der Waals surface area contributed by atoms with Gasteiger partial charge >= 0.3 is 0 Å². The second-order valence-corrected chi connectivity index (χ2v) is 5.50. The maximum Gasteiger partial charge on any atom is 0.274 e. The van der Waals surface area contributed by atoms with Crippen LogP contribution in [0.1, 0.15) is 37.6 Å². The standard InChI is InChI=1S/C16H22N2O/c1-5-15-14(10-11(2)3)16(19)18(17-15)13-8-6-12(4)7-9-13/h6-9,11,17H,5,10H2,1-4H3. The van der Waals surface area contributed by atoms with Crippen molar-refractivity contribution in [3.63, 3.8) is 0 Å². The number of aromatic nitrogens is 2. The maximum atomic E-state index is 12.5. The molecule has 0 spiro atoms. The van der Waals surface area contributed by atoms with Crippen LogP contribution in [-0.4, -0.2) is 9.78 Å². The molecule has 0 radical (unpaired) electrons. The Morgan fingerprint density at radius 1 is 1.21 bits per heavy atom. The highest BCUT2D eigenvalue weighted by atomic mass is 16.1. The van der Waals surface area contributed by atoms with E-state index in [0.717, 1.165) is 29.8 Å². The summed E-state index contributed by atoms with van der Waals surface area (Å²) < 4.78 is 1.66. The third-order valence-electron chi connectivity index (χ3n) is 3.33. The molecule has 0 aliphatic rings. The van der Waals surface area contributed by atoms with Crippen LogP contribution in [0.3, 0.4) is 0 Å². The van der Waals surface area contributed by atoms with Crippen LogP contribution < -0.4 is 5.56 Å². The van der Waals surface area contributed by atoms with Crippen molar-refractivity contribution in [2.45, 2.75) is 40.5 Å². The Morgan fingerprint density at radius 2 is 1.84 bits per heavy atom. The normalized spacial score (nSPS) is 11.2. The monoisotopic (exact) mass is 258 g/mol. The van der Waals surface area contributed by atoms with E-state index in [1.165, 1.54) is 5.56 Å². The zero-order chi connectivity index (χ0) is 14.0. The summed E-state index contributed by atoms with van der Waals surface area (Å²) in [6, 6.07) is 8.00. The molecule has 1 N–H and O–H groups in total. The van der Waals surface area contributed by atoms with Gasteiger partial charge in [-0.15, -0.1) is 0 Å². The first-order valence-corrected chi connectivity index (χ1v) is 6.92. The van der Waals surface area contributed by atoms with Crippen molar-refractivity contribution in [1.82, 2.24) is 9.78 Å². The van der Waals surface area contributed by atoms with E-state index in [0.29, 0.717) is 5.92 Å². The number of aryl methyl sites for hydroxylation is 2. The molecular weight excluding hydrogens is 236 g/mol. The van der Waals surface area contributed by atoms with Gasteiger partial charge in [0.2, 0.25) is 0 Å². The van der Waals surface area contributed by atoms with Gasteiger partial charge in [-0.2, -0.15) is 0 Å². The molecule has 1 aromatic heterocycles. The summed E-state index contributed by atoms with van der Waals surface area (Å²) in [6.45, 7) is 8.40. The van der Waals surface area contributed by atoms with Gasteiger partial charge in [0.1, 0.15) is 0 Å². The van der Waals surface area contributed by atoms with Gasteiger partial charge in [-0.05, 0) is 37.8 Å². The molecule has 0 amide bonds. The number of hydrogen-bond acceptors (Lipinski definition) is 1. The van der Waals surface area contributed by atoms with Gasteiger partial charge in [0.25, 0.3) is 5.56 Å². The van der Waals surface area contributed by atoms with Crippen LogP contribution in [-0.2, 0) is 12.8 Å². The van der Waals surface area contributed by atoms with Crippen LogP contribution in [0.25, 0.3) is 5.69 Å². The maximum absolute atomic E-state index is 12.5.